The lowest BCUT2D eigenvalue weighted by molar-refractivity contribution is -0.138. The number of ether oxygens (including phenoxy) is 2. The van der Waals surface area contributed by atoms with E-state index in [1.54, 1.807) is 17.0 Å². The molecule has 0 unspecified atom stereocenters. The molecule has 1 amide bonds. The molecular weight excluding hydrogens is 354 g/mol. The van der Waals surface area contributed by atoms with E-state index in [0.717, 1.165) is 12.8 Å². The summed E-state index contributed by atoms with van der Waals surface area (Å²) in [5.41, 5.74) is 0.549. The number of aliphatic carboxylic acids is 1. The van der Waals surface area contributed by atoms with Crippen molar-refractivity contribution < 1.29 is 24.2 Å². The number of hydrogen-bond donors (Lipinski definition) is 1. The fraction of sp³-hybridized carbons (Fsp3) is 0.467. The van der Waals surface area contributed by atoms with E-state index in [1.165, 1.54) is 0 Å². The molecule has 1 aromatic carbocycles. The normalized spacial score (nSPS) is 17.6. The smallest absolute Gasteiger partial charge is 0.303 e. The molecule has 0 saturated carbocycles. The zero-order chi connectivity index (χ0) is 15.7. The van der Waals surface area contributed by atoms with Gasteiger partial charge in [-0.2, -0.15) is 0 Å². The summed E-state index contributed by atoms with van der Waals surface area (Å²) < 4.78 is 11.3. The fourth-order valence-electron chi connectivity index (χ4n) is 2.86. The Morgan fingerprint density at radius 3 is 2.68 bits per heavy atom. The van der Waals surface area contributed by atoms with Gasteiger partial charge >= 0.3 is 5.97 Å². The molecule has 2 aliphatic heterocycles. The third kappa shape index (κ3) is 3.04. The summed E-state index contributed by atoms with van der Waals surface area (Å²) in [5.74, 6) is 0.512. The van der Waals surface area contributed by atoms with Crippen molar-refractivity contribution in [2.45, 2.75) is 19.3 Å². The van der Waals surface area contributed by atoms with Gasteiger partial charge in [0.1, 0.15) is 0 Å². The molecule has 118 valence electrons. The van der Waals surface area contributed by atoms with Gasteiger partial charge in [0.15, 0.2) is 11.5 Å². The lowest BCUT2D eigenvalue weighted by atomic mass is 9.93. The van der Waals surface area contributed by atoms with Gasteiger partial charge in [0.05, 0.1) is 4.47 Å². The number of rotatable bonds is 3. The Labute approximate surface area is 136 Å². The highest BCUT2D eigenvalue weighted by atomic mass is 79.9. The molecule has 2 aliphatic rings. The summed E-state index contributed by atoms with van der Waals surface area (Å²) >= 11 is 3.39. The average Bonchev–Trinajstić information content (AvgIpc) is 2.95. The molecule has 0 aliphatic carbocycles. The minimum Gasteiger partial charge on any atom is -0.481 e. The summed E-state index contributed by atoms with van der Waals surface area (Å²) in [6, 6.07) is 3.43. The number of likely N-dealkylation sites (tertiary alicyclic amines) is 1. The quantitative estimate of drug-likeness (QED) is 0.885. The number of fused-ring (bicyclic) bond motifs is 1. The zero-order valence-electron chi connectivity index (χ0n) is 11.9. The van der Waals surface area contributed by atoms with E-state index in [-0.39, 0.29) is 25.0 Å². The first-order valence-corrected chi connectivity index (χ1v) is 7.94. The van der Waals surface area contributed by atoms with Crippen LogP contribution in [0.3, 0.4) is 0 Å². The van der Waals surface area contributed by atoms with Gasteiger partial charge in [-0.3, -0.25) is 9.59 Å². The minimum absolute atomic E-state index is 0.0622. The SMILES string of the molecule is O=C(O)CC1CCN(C(=O)c2cc(Br)c3c(c2)OCO3)CC1. The highest BCUT2D eigenvalue weighted by molar-refractivity contribution is 9.10. The first kappa shape index (κ1) is 15.1. The highest BCUT2D eigenvalue weighted by Crippen LogP contribution is 2.40. The van der Waals surface area contributed by atoms with Crippen molar-refractivity contribution in [2.75, 3.05) is 19.9 Å². The number of carboxylic acid groups (broad SMARTS) is 1. The van der Waals surface area contributed by atoms with Crippen molar-refractivity contribution in [1.29, 1.82) is 0 Å². The van der Waals surface area contributed by atoms with E-state index in [4.69, 9.17) is 14.6 Å². The first-order chi connectivity index (χ1) is 10.5. The van der Waals surface area contributed by atoms with E-state index < -0.39 is 5.97 Å². The molecule has 3 rings (SSSR count). The lowest BCUT2D eigenvalue weighted by Gasteiger charge is -2.31. The minimum atomic E-state index is -0.774. The van der Waals surface area contributed by atoms with E-state index in [2.05, 4.69) is 15.9 Å². The molecular formula is C15H16BrNO5. The van der Waals surface area contributed by atoms with Crippen molar-refractivity contribution in [3.8, 4) is 11.5 Å². The van der Waals surface area contributed by atoms with Crippen LogP contribution in [0.1, 0.15) is 29.6 Å². The molecule has 1 aromatic rings. The number of hydrogen-bond acceptors (Lipinski definition) is 4. The van der Waals surface area contributed by atoms with Gasteiger partial charge in [-0.25, -0.2) is 0 Å². The Morgan fingerprint density at radius 1 is 1.27 bits per heavy atom. The summed E-state index contributed by atoms with van der Waals surface area (Å²) in [6.45, 7) is 1.33. The Hall–Kier alpha value is -1.76. The van der Waals surface area contributed by atoms with Crippen LogP contribution in [0.5, 0.6) is 11.5 Å². The van der Waals surface area contributed by atoms with Gasteiger partial charge in [0, 0.05) is 25.1 Å². The van der Waals surface area contributed by atoms with Crippen LogP contribution >= 0.6 is 15.9 Å². The summed E-state index contributed by atoms with van der Waals surface area (Å²) in [4.78, 5) is 25.1. The third-order valence-electron chi connectivity index (χ3n) is 4.04. The van der Waals surface area contributed by atoms with Crippen LogP contribution in [0.4, 0.5) is 0 Å². The van der Waals surface area contributed by atoms with Crippen molar-refractivity contribution in [3.05, 3.63) is 22.2 Å². The summed E-state index contributed by atoms with van der Waals surface area (Å²) in [7, 11) is 0. The molecule has 7 heteroatoms. The van der Waals surface area contributed by atoms with Gasteiger partial charge in [-0.1, -0.05) is 0 Å². The molecule has 1 N–H and O–H groups in total. The largest absolute Gasteiger partial charge is 0.481 e. The molecule has 0 radical (unpaired) electrons. The molecule has 0 bridgehead atoms. The van der Waals surface area contributed by atoms with Crippen molar-refractivity contribution in [1.82, 2.24) is 4.90 Å². The number of carbonyl (C=O) groups excluding carboxylic acids is 1. The van der Waals surface area contributed by atoms with Crippen LogP contribution in [0.2, 0.25) is 0 Å². The summed E-state index contributed by atoms with van der Waals surface area (Å²) in [5, 5.41) is 8.83. The molecule has 6 nitrogen and oxygen atoms in total. The number of amides is 1. The average molecular weight is 370 g/mol. The van der Waals surface area contributed by atoms with Crippen molar-refractivity contribution in [3.63, 3.8) is 0 Å². The zero-order valence-corrected chi connectivity index (χ0v) is 13.5. The predicted octanol–water partition coefficient (Wildman–Crippen LogP) is 2.50. The second-order valence-corrected chi connectivity index (χ2v) is 6.38. The Balaban J connectivity index is 1.68. The van der Waals surface area contributed by atoms with E-state index in [0.29, 0.717) is 34.6 Å². The van der Waals surface area contributed by atoms with E-state index in [1.807, 2.05) is 0 Å². The molecule has 1 saturated heterocycles. The molecule has 0 aromatic heterocycles. The lowest BCUT2D eigenvalue weighted by Crippen LogP contribution is -2.38. The van der Waals surface area contributed by atoms with Gasteiger partial charge in [-0.05, 0) is 46.8 Å². The number of carboxylic acids is 1. The second kappa shape index (κ2) is 6.16. The second-order valence-electron chi connectivity index (χ2n) is 5.53. The van der Waals surface area contributed by atoms with Crippen LogP contribution in [-0.2, 0) is 4.79 Å². The topological polar surface area (TPSA) is 76.1 Å². The Morgan fingerprint density at radius 2 is 2.00 bits per heavy atom. The summed E-state index contributed by atoms with van der Waals surface area (Å²) in [6.07, 6.45) is 1.63. The van der Waals surface area contributed by atoms with E-state index in [9.17, 15) is 9.59 Å². The maximum atomic E-state index is 12.6. The van der Waals surface area contributed by atoms with Crippen LogP contribution in [0.15, 0.2) is 16.6 Å². The predicted molar refractivity (Wildman–Crippen MR) is 81.1 cm³/mol. The molecule has 22 heavy (non-hydrogen) atoms. The maximum Gasteiger partial charge on any atom is 0.303 e. The molecule has 0 atom stereocenters. The van der Waals surface area contributed by atoms with Crippen LogP contribution < -0.4 is 9.47 Å². The number of piperidine rings is 1. The molecule has 2 heterocycles. The number of nitrogens with zero attached hydrogens (tertiary/aromatic N) is 1. The standard InChI is InChI=1S/C15H16BrNO5/c16-11-6-10(7-12-14(11)22-8-21-12)15(20)17-3-1-9(2-4-17)5-13(18)19/h6-7,9H,1-5,8H2,(H,18,19). The Bertz CT molecular complexity index is 610. The van der Waals surface area contributed by atoms with Crippen molar-refractivity contribution in [2.24, 2.45) is 5.92 Å². The van der Waals surface area contributed by atoms with Crippen LogP contribution in [0, 0.1) is 5.92 Å². The molecule has 1 fully saturated rings. The Kier molecular flexibility index (Phi) is 4.24. The first-order valence-electron chi connectivity index (χ1n) is 7.15. The van der Waals surface area contributed by atoms with Gasteiger partial charge in [0.2, 0.25) is 6.79 Å². The number of halogens is 1. The number of carbonyl (C=O) groups is 2. The monoisotopic (exact) mass is 369 g/mol. The highest BCUT2D eigenvalue weighted by Gasteiger charge is 2.27. The van der Waals surface area contributed by atoms with Gasteiger partial charge in [0.25, 0.3) is 5.91 Å². The van der Waals surface area contributed by atoms with Gasteiger partial charge in [-0.15, -0.1) is 0 Å². The number of benzene rings is 1. The maximum absolute atomic E-state index is 12.6. The fourth-order valence-corrected chi connectivity index (χ4v) is 3.42. The molecule has 0 spiro atoms. The van der Waals surface area contributed by atoms with Gasteiger partial charge < -0.3 is 19.5 Å². The van der Waals surface area contributed by atoms with E-state index >= 15 is 0 Å². The third-order valence-corrected chi connectivity index (χ3v) is 4.63. The van der Waals surface area contributed by atoms with Crippen LogP contribution in [-0.4, -0.2) is 41.8 Å². The van der Waals surface area contributed by atoms with Crippen LogP contribution in [0.25, 0.3) is 0 Å². The van der Waals surface area contributed by atoms with Crippen molar-refractivity contribution >= 4 is 27.8 Å².